The first-order valence-electron chi connectivity index (χ1n) is 7.12. The minimum Gasteiger partial charge on any atom is -0.435 e. The monoisotopic (exact) mass is 328 g/mol. The summed E-state index contributed by atoms with van der Waals surface area (Å²) >= 11 is 0. The van der Waals surface area contributed by atoms with E-state index in [1.807, 2.05) is 0 Å². The summed E-state index contributed by atoms with van der Waals surface area (Å²) in [5.74, 6) is -0.574. The van der Waals surface area contributed by atoms with Crippen LogP contribution >= 0.6 is 0 Å². The highest BCUT2D eigenvalue weighted by Gasteiger charge is 2.30. The van der Waals surface area contributed by atoms with Gasteiger partial charge in [0.1, 0.15) is 5.75 Å². The zero-order chi connectivity index (χ0) is 16.8. The van der Waals surface area contributed by atoms with Crippen LogP contribution < -0.4 is 10.1 Å². The van der Waals surface area contributed by atoms with Crippen molar-refractivity contribution >= 4 is 11.8 Å². The first-order chi connectivity index (χ1) is 11.0. The number of nitrogens with one attached hydrogen (secondary N) is 1. The molecule has 6 nitrogen and oxygen atoms in total. The number of ether oxygens (including phenoxy) is 2. The van der Waals surface area contributed by atoms with Crippen molar-refractivity contribution in [2.24, 2.45) is 0 Å². The lowest BCUT2D eigenvalue weighted by atomic mass is 10.1. The molecule has 126 valence electrons. The number of amides is 2. The van der Waals surface area contributed by atoms with E-state index in [9.17, 15) is 18.4 Å². The number of hydrogen-bond donors (Lipinski definition) is 1. The van der Waals surface area contributed by atoms with E-state index in [2.05, 4.69) is 10.1 Å². The molecule has 1 atom stereocenters. The van der Waals surface area contributed by atoms with E-state index < -0.39 is 12.5 Å². The third-order valence-corrected chi connectivity index (χ3v) is 3.44. The van der Waals surface area contributed by atoms with Crippen molar-refractivity contribution in [1.82, 2.24) is 10.2 Å². The fourth-order valence-electron chi connectivity index (χ4n) is 2.37. The van der Waals surface area contributed by atoms with E-state index in [-0.39, 0.29) is 29.7 Å². The summed E-state index contributed by atoms with van der Waals surface area (Å²) in [6, 6.07) is 5.21. The second kappa shape index (κ2) is 7.87. The number of methoxy groups -OCH3 is 1. The Kier molecular flexibility index (Phi) is 5.86. The Bertz CT molecular complexity index is 568. The molecule has 2 amide bonds. The Balaban J connectivity index is 1.93. The molecule has 1 aliphatic rings. The van der Waals surface area contributed by atoms with Crippen molar-refractivity contribution in [3.8, 4) is 5.75 Å². The molecule has 23 heavy (non-hydrogen) atoms. The van der Waals surface area contributed by atoms with Crippen LogP contribution in [0.25, 0.3) is 0 Å². The molecule has 1 aliphatic heterocycles. The van der Waals surface area contributed by atoms with Crippen LogP contribution in [0, 0.1) is 0 Å². The molecule has 0 radical (unpaired) electrons. The van der Waals surface area contributed by atoms with Gasteiger partial charge in [-0.15, -0.1) is 0 Å². The van der Waals surface area contributed by atoms with Crippen LogP contribution in [0.3, 0.4) is 0 Å². The Labute approximate surface area is 132 Å². The summed E-state index contributed by atoms with van der Waals surface area (Å²) in [5.41, 5.74) is 0.200. The Morgan fingerprint density at radius 2 is 2.26 bits per heavy atom. The molecule has 1 saturated heterocycles. The molecule has 1 N–H and O–H groups in total. The highest BCUT2D eigenvalue weighted by molar-refractivity contribution is 5.95. The van der Waals surface area contributed by atoms with Gasteiger partial charge >= 0.3 is 6.61 Å². The highest BCUT2D eigenvalue weighted by atomic mass is 19.3. The van der Waals surface area contributed by atoms with Crippen LogP contribution in [0.5, 0.6) is 5.75 Å². The van der Waals surface area contributed by atoms with Crippen LogP contribution in [-0.4, -0.2) is 56.2 Å². The predicted molar refractivity (Wildman–Crippen MR) is 77.4 cm³/mol. The molecule has 8 heteroatoms. The number of hydrogen-bond acceptors (Lipinski definition) is 4. The first-order valence-corrected chi connectivity index (χ1v) is 7.12. The molecular weight excluding hydrogens is 310 g/mol. The fourth-order valence-corrected chi connectivity index (χ4v) is 2.37. The lowest BCUT2D eigenvalue weighted by Crippen LogP contribution is -2.37. The second-order valence-corrected chi connectivity index (χ2v) is 5.11. The van der Waals surface area contributed by atoms with E-state index in [1.165, 1.54) is 24.3 Å². The zero-order valence-corrected chi connectivity index (χ0v) is 12.6. The van der Waals surface area contributed by atoms with Crippen LogP contribution in [0.1, 0.15) is 16.8 Å². The molecule has 0 bridgehead atoms. The van der Waals surface area contributed by atoms with E-state index >= 15 is 0 Å². The molecule has 0 aromatic heterocycles. The molecule has 1 aromatic carbocycles. The molecule has 1 unspecified atom stereocenters. The van der Waals surface area contributed by atoms with Crippen molar-refractivity contribution in [1.29, 1.82) is 0 Å². The maximum absolute atomic E-state index is 12.2. The number of halogens is 2. The Morgan fingerprint density at radius 3 is 2.96 bits per heavy atom. The topological polar surface area (TPSA) is 67.9 Å². The second-order valence-electron chi connectivity index (χ2n) is 5.11. The quantitative estimate of drug-likeness (QED) is 0.818. The largest absolute Gasteiger partial charge is 0.435 e. The van der Waals surface area contributed by atoms with E-state index in [0.717, 1.165) is 0 Å². The third-order valence-electron chi connectivity index (χ3n) is 3.44. The van der Waals surface area contributed by atoms with Gasteiger partial charge in [0.15, 0.2) is 0 Å². The van der Waals surface area contributed by atoms with Crippen molar-refractivity contribution in [3.63, 3.8) is 0 Å². The van der Waals surface area contributed by atoms with Crippen molar-refractivity contribution < 1.29 is 27.8 Å². The van der Waals surface area contributed by atoms with E-state index in [1.54, 1.807) is 12.0 Å². The van der Waals surface area contributed by atoms with Crippen molar-refractivity contribution in [2.45, 2.75) is 19.1 Å². The van der Waals surface area contributed by atoms with E-state index in [4.69, 9.17) is 4.74 Å². The summed E-state index contributed by atoms with van der Waals surface area (Å²) in [6.07, 6.45) is 0.211. The average molecular weight is 328 g/mol. The molecular formula is C15H18F2N2O4. The lowest BCUT2D eigenvalue weighted by molar-refractivity contribution is -0.128. The van der Waals surface area contributed by atoms with Gasteiger partial charge in [-0.3, -0.25) is 9.59 Å². The van der Waals surface area contributed by atoms with Gasteiger partial charge in [0, 0.05) is 32.2 Å². The molecule has 1 heterocycles. The van der Waals surface area contributed by atoms with Gasteiger partial charge in [0.05, 0.1) is 12.6 Å². The normalized spacial score (nSPS) is 17.7. The summed E-state index contributed by atoms with van der Waals surface area (Å²) in [5, 5.41) is 2.73. The summed E-state index contributed by atoms with van der Waals surface area (Å²) < 4.78 is 33.6. The SMILES string of the molecule is COCCN1CC(NC(=O)c2cccc(OC(F)F)c2)CC1=O. The number of carbonyl (C=O) groups excluding carboxylic acids is 2. The van der Waals surface area contributed by atoms with Crippen LogP contribution in [-0.2, 0) is 9.53 Å². The van der Waals surface area contributed by atoms with Gasteiger partial charge in [-0.05, 0) is 18.2 Å². The Morgan fingerprint density at radius 1 is 1.48 bits per heavy atom. The minimum absolute atomic E-state index is 0.0536. The molecule has 1 aromatic rings. The van der Waals surface area contributed by atoms with Crippen LogP contribution in [0.15, 0.2) is 24.3 Å². The number of nitrogens with zero attached hydrogens (tertiary/aromatic N) is 1. The van der Waals surface area contributed by atoms with Crippen molar-refractivity contribution in [2.75, 3.05) is 26.8 Å². The number of carbonyl (C=O) groups is 2. The van der Waals surface area contributed by atoms with Crippen molar-refractivity contribution in [3.05, 3.63) is 29.8 Å². The number of benzene rings is 1. The molecule has 0 aliphatic carbocycles. The standard InChI is InChI=1S/C15H18F2N2O4/c1-22-6-5-19-9-11(8-13(19)20)18-14(21)10-3-2-4-12(7-10)23-15(16)17/h2-4,7,11,15H,5-6,8-9H2,1H3,(H,18,21). The molecule has 0 spiro atoms. The number of alkyl halides is 2. The molecule has 1 fully saturated rings. The molecule has 0 saturated carbocycles. The zero-order valence-electron chi connectivity index (χ0n) is 12.6. The van der Waals surface area contributed by atoms with Gasteiger partial charge in [-0.25, -0.2) is 0 Å². The molecule has 2 rings (SSSR count). The third kappa shape index (κ3) is 4.88. The highest BCUT2D eigenvalue weighted by Crippen LogP contribution is 2.17. The fraction of sp³-hybridized carbons (Fsp3) is 0.467. The summed E-state index contributed by atoms with van der Waals surface area (Å²) in [7, 11) is 1.55. The van der Waals surface area contributed by atoms with Crippen LogP contribution in [0.2, 0.25) is 0 Å². The first kappa shape index (κ1) is 17.1. The lowest BCUT2D eigenvalue weighted by Gasteiger charge is -2.16. The van der Waals surface area contributed by atoms with Gasteiger partial charge in [-0.1, -0.05) is 6.07 Å². The van der Waals surface area contributed by atoms with Gasteiger partial charge in [0.2, 0.25) is 5.91 Å². The maximum Gasteiger partial charge on any atom is 0.387 e. The summed E-state index contributed by atoms with van der Waals surface area (Å²) in [6.45, 7) is -1.64. The minimum atomic E-state index is -2.95. The van der Waals surface area contributed by atoms with Gasteiger partial charge < -0.3 is 19.7 Å². The summed E-state index contributed by atoms with van der Waals surface area (Å²) in [4.78, 5) is 25.6. The van der Waals surface area contributed by atoms with Gasteiger partial charge in [0.25, 0.3) is 5.91 Å². The van der Waals surface area contributed by atoms with E-state index in [0.29, 0.717) is 19.7 Å². The average Bonchev–Trinajstić information content (AvgIpc) is 2.84. The predicted octanol–water partition coefficient (Wildman–Crippen LogP) is 1.27. The maximum atomic E-state index is 12.2. The smallest absolute Gasteiger partial charge is 0.387 e. The van der Waals surface area contributed by atoms with Gasteiger partial charge in [-0.2, -0.15) is 8.78 Å². The van der Waals surface area contributed by atoms with Crippen LogP contribution in [0.4, 0.5) is 8.78 Å². The Hall–Kier alpha value is -2.22. The number of likely N-dealkylation sites (tertiary alicyclic amines) is 1. The number of rotatable bonds is 7.